The van der Waals surface area contributed by atoms with Crippen LogP contribution in [0, 0.1) is 5.92 Å². The van der Waals surface area contributed by atoms with E-state index in [-0.39, 0.29) is 11.9 Å². The molecule has 0 aliphatic carbocycles. The average molecular weight is 416 g/mol. The minimum atomic E-state index is -0.0851. The van der Waals surface area contributed by atoms with E-state index in [0.29, 0.717) is 29.0 Å². The van der Waals surface area contributed by atoms with E-state index in [4.69, 9.17) is 32.7 Å². The molecule has 0 bridgehead atoms. The molecule has 0 amide bonds. The minimum Gasteiger partial charge on any atom is -0.492 e. The molecule has 0 saturated carbocycles. The second-order valence-corrected chi connectivity index (χ2v) is 7.11. The lowest BCUT2D eigenvalue weighted by atomic mass is 9.97. The molecule has 1 N–H and O–H groups in total. The summed E-state index contributed by atoms with van der Waals surface area (Å²) in [6.45, 7) is 5.13. The lowest BCUT2D eigenvalue weighted by Crippen LogP contribution is -2.47. The summed E-state index contributed by atoms with van der Waals surface area (Å²) in [7, 11) is 1.77. The van der Waals surface area contributed by atoms with Gasteiger partial charge in [-0.2, -0.15) is 0 Å². The van der Waals surface area contributed by atoms with Crippen LogP contribution >= 0.6 is 23.2 Å². The van der Waals surface area contributed by atoms with E-state index >= 15 is 0 Å². The van der Waals surface area contributed by atoms with Crippen molar-refractivity contribution in [3.63, 3.8) is 0 Å². The van der Waals surface area contributed by atoms with Gasteiger partial charge in [-0.1, -0.05) is 23.2 Å². The molecule has 1 aliphatic heterocycles. The van der Waals surface area contributed by atoms with Gasteiger partial charge in [0.15, 0.2) is 5.96 Å². The van der Waals surface area contributed by atoms with Crippen molar-refractivity contribution in [1.29, 1.82) is 0 Å². The number of likely N-dealkylation sites (tertiary alicyclic amines) is 1. The van der Waals surface area contributed by atoms with Crippen LogP contribution < -0.4 is 10.1 Å². The molecule has 27 heavy (non-hydrogen) atoms. The van der Waals surface area contributed by atoms with Gasteiger partial charge in [0.1, 0.15) is 5.75 Å². The molecule has 6 nitrogen and oxygen atoms in total. The van der Waals surface area contributed by atoms with Crippen LogP contribution in [0.1, 0.15) is 26.2 Å². The Kier molecular flexibility index (Phi) is 9.01. The van der Waals surface area contributed by atoms with Crippen LogP contribution in [-0.4, -0.2) is 56.7 Å². The van der Waals surface area contributed by atoms with Crippen molar-refractivity contribution in [2.24, 2.45) is 10.9 Å². The number of aliphatic imine (C=N–C) groups is 1. The highest BCUT2D eigenvalue weighted by atomic mass is 35.5. The Bertz CT molecular complexity index is 647. The molecular weight excluding hydrogens is 389 g/mol. The number of carbonyl (C=O) groups is 1. The number of guanidine groups is 1. The van der Waals surface area contributed by atoms with Crippen LogP contribution in [0.5, 0.6) is 5.75 Å². The maximum atomic E-state index is 11.8. The van der Waals surface area contributed by atoms with Crippen LogP contribution in [0.4, 0.5) is 0 Å². The molecule has 0 aromatic heterocycles. The van der Waals surface area contributed by atoms with Crippen molar-refractivity contribution in [3.05, 3.63) is 28.2 Å². The summed E-state index contributed by atoms with van der Waals surface area (Å²) in [5, 5.41) is 4.44. The molecule has 0 radical (unpaired) electrons. The molecule has 0 atom stereocenters. The lowest BCUT2D eigenvalue weighted by Gasteiger charge is -2.33. The highest BCUT2D eigenvalue weighted by molar-refractivity contribution is 6.35. The predicted octanol–water partition coefficient (Wildman–Crippen LogP) is 3.61. The van der Waals surface area contributed by atoms with Crippen LogP contribution in [0.15, 0.2) is 23.2 Å². The molecule has 1 aliphatic rings. The van der Waals surface area contributed by atoms with Gasteiger partial charge in [-0.25, -0.2) is 0 Å². The van der Waals surface area contributed by atoms with Gasteiger partial charge < -0.3 is 19.7 Å². The van der Waals surface area contributed by atoms with E-state index < -0.39 is 0 Å². The van der Waals surface area contributed by atoms with Crippen molar-refractivity contribution < 1.29 is 14.3 Å². The van der Waals surface area contributed by atoms with Crippen molar-refractivity contribution in [1.82, 2.24) is 10.2 Å². The number of nitrogens with one attached hydrogen (secondary N) is 1. The number of hydrogen-bond donors (Lipinski definition) is 1. The molecule has 150 valence electrons. The van der Waals surface area contributed by atoms with Gasteiger partial charge in [0.05, 0.1) is 24.2 Å². The zero-order valence-electron chi connectivity index (χ0n) is 15.8. The molecule has 1 fully saturated rings. The number of piperidine rings is 1. The highest BCUT2D eigenvalue weighted by Gasteiger charge is 2.27. The first-order chi connectivity index (χ1) is 13.0. The van der Waals surface area contributed by atoms with Crippen molar-refractivity contribution in [2.75, 3.05) is 39.9 Å². The number of rotatable bonds is 7. The summed E-state index contributed by atoms with van der Waals surface area (Å²) < 4.78 is 10.8. The van der Waals surface area contributed by atoms with E-state index in [1.807, 2.05) is 6.92 Å². The zero-order valence-corrected chi connectivity index (χ0v) is 17.4. The minimum absolute atomic E-state index is 0.00293. The standard InChI is InChI=1S/C19H27Cl2N3O3/c1-3-26-18(25)14-7-10-24(11-8-14)19(22-2)23-9-4-12-27-17-6-5-15(20)13-16(17)21/h5-6,13-14H,3-4,7-12H2,1-2H3,(H,22,23). The number of nitrogens with zero attached hydrogens (tertiary/aromatic N) is 2. The molecule has 0 unspecified atom stereocenters. The maximum Gasteiger partial charge on any atom is 0.309 e. The van der Waals surface area contributed by atoms with Crippen LogP contribution in [0.2, 0.25) is 10.0 Å². The molecule has 1 aromatic carbocycles. The highest BCUT2D eigenvalue weighted by Crippen LogP contribution is 2.27. The number of benzene rings is 1. The zero-order chi connectivity index (χ0) is 19.6. The average Bonchev–Trinajstić information content (AvgIpc) is 2.66. The van der Waals surface area contributed by atoms with Crippen molar-refractivity contribution in [2.45, 2.75) is 26.2 Å². The first-order valence-electron chi connectivity index (χ1n) is 9.25. The second-order valence-electron chi connectivity index (χ2n) is 6.26. The summed E-state index contributed by atoms with van der Waals surface area (Å²) in [6.07, 6.45) is 2.38. The monoisotopic (exact) mass is 415 g/mol. The van der Waals surface area contributed by atoms with Crippen LogP contribution in [-0.2, 0) is 9.53 Å². The first-order valence-corrected chi connectivity index (χ1v) is 10.0. The van der Waals surface area contributed by atoms with Gasteiger partial charge in [0, 0.05) is 31.7 Å². The predicted molar refractivity (Wildman–Crippen MR) is 109 cm³/mol. The third-order valence-electron chi connectivity index (χ3n) is 4.38. The molecule has 2 rings (SSSR count). The third-order valence-corrected chi connectivity index (χ3v) is 4.91. The largest absolute Gasteiger partial charge is 0.492 e. The van der Waals surface area contributed by atoms with Crippen molar-refractivity contribution in [3.8, 4) is 5.75 Å². The van der Waals surface area contributed by atoms with E-state index in [1.165, 1.54) is 0 Å². The Morgan fingerprint density at radius 1 is 1.33 bits per heavy atom. The number of esters is 1. The third kappa shape index (κ3) is 6.78. The maximum absolute atomic E-state index is 11.8. The van der Waals surface area contributed by atoms with E-state index in [0.717, 1.165) is 44.9 Å². The first kappa shape index (κ1) is 21.6. The molecular formula is C19H27Cl2N3O3. The van der Waals surface area contributed by atoms with Crippen molar-refractivity contribution >= 4 is 35.1 Å². The summed E-state index contributed by atoms with van der Waals surface area (Å²) in [5.41, 5.74) is 0. The van der Waals surface area contributed by atoms with E-state index in [1.54, 1.807) is 25.2 Å². The second kappa shape index (κ2) is 11.2. The Labute approximate surface area is 170 Å². The SMILES string of the molecule is CCOC(=O)C1CCN(C(=NC)NCCCOc2ccc(Cl)cc2Cl)CC1. The Morgan fingerprint density at radius 3 is 2.70 bits per heavy atom. The van der Waals surface area contributed by atoms with Gasteiger partial charge in [-0.15, -0.1) is 0 Å². The van der Waals surface area contributed by atoms with Crippen LogP contribution in [0.25, 0.3) is 0 Å². The quantitative estimate of drug-likeness (QED) is 0.319. The van der Waals surface area contributed by atoms with E-state index in [9.17, 15) is 4.79 Å². The number of hydrogen-bond acceptors (Lipinski definition) is 4. The van der Waals surface area contributed by atoms with Crippen LogP contribution in [0.3, 0.4) is 0 Å². The summed E-state index contributed by atoms with van der Waals surface area (Å²) in [6, 6.07) is 5.19. The summed E-state index contributed by atoms with van der Waals surface area (Å²) in [5.74, 6) is 1.39. The molecule has 1 saturated heterocycles. The van der Waals surface area contributed by atoms with Gasteiger partial charge in [0.2, 0.25) is 0 Å². The fourth-order valence-corrected chi connectivity index (χ4v) is 3.43. The Balaban J connectivity index is 1.68. The normalized spacial score (nSPS) is 15.6. The number of carbonyl (C=O) groups excluding carboxylic acids is 1. The van der Waals surface area contributed by atoms with E-state index in [2.05, 4.69) is 15.2 Å². The van der Waals surface area contributed by atoms with Gasteiger partial charge in [-0.05, 0) is 44.4 Å². The van der Waals surface area contributed by atoms with Gasteiger partial charge in [0.25, 0.3) is 0 Å². The van der Waals surface area contributed by atoms with Gasteiger partial charge in [-0.3, -0.25) is 9.79 Å². The number of ether oxygens (including phenoxy) is 2. The lowest BCUT2D eigenvalue weighted by molar-refractivity contribution is -0.149. The summed E-state index contributed by atoms with van der Waals surface area (Å²) in [4.78, 5) is 18.3. The molecule has 8 heteroatoms. The molecule has 1 heterocycles. The Morgan fingerprint density at radius 2 is 2.07 bits per heavy atom. The number of halogens is 2. The molecule has 0 spiro atoms. The smallest absolute Gasteiger partial charge is 0.309 e. The van der Waals surface area contributed by atoms with Gasteiger partial charge >= 0.3 is 5.97 Å². The topological polar surface area (TPSA) is 63.2 Å². The molecule has 1 aromatic rings. The Hall–Kier alpha value is -1.66. The fraction of sp³-hybridized carbons (Fsp3) is 0.579. The fourth-order valence-electron chi connectivity index (χ4n) is 2.97. The summed E-state index contributed by atoms with van der Waals surface area (Å²) >= 11 is 12.0.